The third-order valence-electron chi connectivity index (χ3n) is 2.74. The molecule has 0 fully saturated rings. The Labute approximate surface area is 77.9 Å². The van der Waals surface area contributed by atoms with Gasteiger partial charge in [0.15, 0.2) is 0 Å². The maximum atomic E-state index is 5.98. The van der Waals surface area contributed by atoms with Crippen LogP contribution >= 0.6 is 0 Å². The van der Waals surface area contributed by atoms with E-state index in [2.05, 4.69) is 0 Å². The maximum Gasteiger partial charge on any atom is 0.0598 e. The van der Waals surface area contributed by atoms with E-state index in [1.165, 1.54) is 5.56 Å². The van der Waals surface area contributed by atoms with E-state index >= 15 is 0 Å². The number of hydrogen-bond donors (Lipinski definition) is 3. The molecule has 0 saturated heterocycles. The number of nitrogen functional groups attached to an aromatic ring is 2. The molecule has 1 aromatic carbocycles. The molecule has 0 aliphatic heterocycles. The summed E-state index contributed by atoms with van der Waals surface area (Å²) in [4.78, 5) is 0. The van der Waals surface area contributed by atoms with Crippen LogP contribution in [0.3, 0.4) is 0 Å². The third kappa shape index (κ3) is 1.25. The van der Waals surface area contributed by atoms with Crippen LogP contribution in [0.15, 0.2) is 12.1 Å². The lowest BCUT2D eigenvalue weighted by Gasteiger charge is -2.24. The second kappa shape index (κ2) is 2.92. The molecule has 3 heteroatoms. The Morgan fingerprint density at radius 3 is 2.77 bits per heavy atom. The smallest absolute Gasteiger partial charge is 0.0598 e. The molecule has 13 heavy (non-hydrogen) atoms. The molecule has 0 heterocycles. The highest BCUT2D eigenvalue weighted by molar-refractivity contribution is 5.70. The van der Waals surface area contributed by atoms with Crippen molar-refractivity contribution in [3.63, 3.8) is 0 Å². The summed E-state index contributed by atoms with van der Waals surface area (Å²) in [5, 5.41) is 0. The Kier molecular flexibility index (Phi) is 1.88. The van der Waals surface area contributed by atoms with Crippen molar-refractivity contribution < 1.29 is 0 Å². The van der Waals surface area contributed by atoms with E-state index in [0.717, 1.165) is 24.8 Å². The number of rotatable bonds is 0. The number of aryl methyl sites for hydroxylation is 1. The van der Waals surface area contributed by atoms with Gasteiger partial charge in [-0.15, -0.1) is 0 Å². The zero-order chi connectivity index (χ0) is 9.42. The Morgan fingerprint density at radius 1 is 1.23 bits per heavy atom. The minimum absolute atomic E-state index is 0.0762. The molecule has 6 N–H and O–H groups in total. The summed E-state index contributed by atoms with van der Waals surface area (Å²) < 4.78 is 0. The molecule has 1 unspecified atom stereocenters. The predicted octanol–water partition coefficient (Wildman–Crippen LogP) is 1.19. The highest BCUT2D eigenvalue weighted by Crippen LogP contribution is 2.35. The third-order valence-corrected chi connectivity index (χ3v) is 2.74. The average Bonchev–Trinajstić information content (AvgIpc) is 2.12. The summed E-state index contributed by atoms with van der Waals surface area (Å²) >= 11 is 0. The Hall–Kier alpha value is -1.22. The molecule has 1 aliphatic carbocycles. The normalized spacial score (nSPS) is 21.2. The van der Waals surface area contributed by atoms with Crippen molar-refractivity contribution in [1.29, 1.82) is 0 Å². The molecule has 0 amide bonds. The molecule has 0 radical (unpaired) electrons. The van der Waals surface area contributed by atoms with Gasteiger partial charge in [0, 0.05) is 6.04 Å². The van der Waals surface area contributed by atoms with Gasteiger partial charge in [-0.2, -0.15) is 0 Å². The Bertz CT molecular complexity index is 333. The largest absolute Gasteiger partial charge is 0.397 e. The molecule has 0 spiro atoms. The van der Waals surface area contributed by atoms with E-state index in [0.29, 0.717) is 11.4 Å². The summed E-state index contributed by atoms with van der Waals surface area (Å²) in [6.45, 7) is 0. The highest BCUT2D eigenvalue weighted by atomic mass is 14.7. The van der Waals surface area contributed by atoms with Crippen molar-refractivity contribution >= 4 is 11.4 Å². The summed E-state index contributed by atoms with van der Waals surface area (Å²) in [6.07, 6.45) is 3.24. The maximum absolute atomic E-state index is 5.98. The van der Waals surface area contributed by atoms with E-state index < -0.39 is 0 Å². The molecule has 1 aliphatic rings. The van der Waals surface area contributed by atoms with Crippen molar-refractivity contribution in [2.45, 2.75) is 25.3 Å². The number of benzene rings is 1. The first-order chi connectivity index (χ1) is 6.20. The van der Waals surface area contributed by atoms with Crippen LogP contribution in [-0.2, 0) is 6.42 Å². The van der Waals surface area contributed by atoms with Gasteiger partial charge >= 0.3 is 0 Å². The second-order valence-corrected chi connectivity index (χ2v) is 3.64. The summed E-state index contributed by atoms with van der Waals surface area (Å²) in [5.41, 5.74) is 21.3. The van der Waals surface area contributed by atoms with Gasteiger partial charge in [-0.3, -0.25) is 0 Å². The van der Waals surface area contributed by atoms with Crippen LogP contribution in [0.25, 0.3) is 0 Å². The van der Waals surface area contributed by atoms with Crippen molar-refractivity contribution in [3.05, 3.63) is 23.3 Å². The van der Waals surface area contributed by atoms with Crippen molar-refractivity contribution in [2.24, 2.45) is 5.73 Å². The fourth-order valence-corrected chi connectivity index (χ4v) is 2.01. The fraction of sp³-hybridized carbons (Fsp3) is 0.400. The van der Waals surface area contributed by atoms with Crippen molar-refractivity contribution in [3.8, 4) is 0 Å². The SMILES string of the molecule is Nc1ccc2c(c1N)C(N)CCC2. The van der Waals surface area contributed by atoms with Gasteiger partial charge < -0.3 is 17.2 Å². The van der Waals surface area contributed by atoms with Crippen molar-refractivity contribution in [1.82, 2.24) is 0 Å². The van der Waals surface area contributed by atoms with Crippen LogP contribution in [0.5, 0.6) is 0 Å². The molecule has 2 rings (SSSR count). The van der Waals surface area contributed by atoms with Crippen LogP contribution in [0.1, 0.15) is 30.0 Å². The van der Waals surface area contributed by atoms with Crippen LogP contribution in [0.2, 0.25) is 0 Å². The molecule has 1 atom stereocenters. The van der Waals surface area contributed by atoms with Gasteiger partial charge in [0.2, 0.25) is 0 Å². The second-order valence-electron chi connectivity index (χ2n) is 3.64. The highest BCUT2D eigenvalue weighted by Gasteiger charge is 2.19. The van der Waals surface area contributed by atoms with Gasteiger partial charge in [-0.05, 0) is 36.5 Å². The lowest BCUT2D eigenvalue weighted by molar-refractivity contribution is 0.572. The lowest BCUT2D eigenvalue weighted by Crippen LogP contribution is -2.19. The van der Waals surface area contributed by atoms with Crippen LogP contribution < -0.4 is 17.2 Å². The van der Waals surface area contributed by atoms with Gasteiger partial charge in [0.05, 0.1) is 11.4 Å². The van der Waals surface area contributed by atoms with E-state index in [1.54, 1.807) is 0 Å². The first-order valence-electron chi connectivity index (χ1n) is 4.62. The van der Waals surface area contributed by atoms with Gasteiger partial charge in [-0.1, -0.05) is 6.07 Å². The lowest BCUT2D eigenvalue weighted by atomic mass is 9.86. The molecule has 0 bridgehead atoms. The predicted molar refractivity (Wildman–Crippen MR) is 55.1 cm³/mol. The molecular formula is C10H15N3. The van der Waals surface area contributed by atoms with Crippen molar-refractivity contribution in [2.75, 3.05) is 11.5 Å². The number of anilines is 2. The zero-order valence-corrected chi connectivity index (χ0v) is 7.59. The fourth-order valence-electron chi connectivity index (χ4n) is 2.01. The topological polar surface area (TPSA) is 78.1 Å². The molecule has 70 valence electrons. The number of nitrogens with two attached hydrogens (primary N) is 3. The van der Waals surface area contributed by atoms with E-state index in [-0.39, 0.29) is 6.04 Å². The summed E-state index contributed by atoms with van der Waals surface area (Å²) in [7, 11) is 0. The average molecular weight is 177 g/mol. The zero-order valence-electron chi connectivity index (χ0n) is 7.59. The minimum atomic E-state index is 0.0762. The van der Waals surface area contributed by atoms with Crippen LogP contribution in [0.4, 0.5) is 11.4 Å². The molecular weight excluding hydrogens is 162 g/mol. The Morgan fingerprint density at radius 2 is 2.00 bits per heavy atom. The molecule has 3 nitrogen and oxygen atoms in total. The van der Waals surface area contributed by atoms with E-state index in [9.17, 15) is 0 Å². The monoisotopic (exact) mass is 177 g/mol. The first-order valence-corrected chi connectivity index (χ1v) is 4.62. The molecule has 1 aromatic rings. The standard InChI is InChI=1S/C10H15N3/c11-7-3-1-2-6-4-5-8(12)10(13)9(6)7/h4-5,7H,1-3,11-13H2. The van der Waals surface area contributed by atoms with Gasteiger partial charge in [-0.25, -0.2) is 0 Å². The molecule has 0 aromatic heterocycles. The minimum Gasteiger partial charge on any atom is -0.397 e. The van der Waals surface area contributed by atoms with Gasteiger partial charge in [0.1, 0.15) is 0 Å². The quantitative estimate of drug-likeness (QED) is 0.521. The number of hydrogen-bond acceptors (Lipinski definition) is 3. The molecule has 0 saturated carbocycles. The first kappa shape index (κ1) is 8.38. The van der Waals surface area contributed by atoms with E-state index in [1.807, 2.05) is 12.1 Å². The van der Waals surface area contributed by atoms with E-state index in [4.69, 9.17) is 17.2 Å². The Balaban J connectivity index is 2.58. The van der Waals surface area contributed by atoms with Crippen LogP contribution in [-0.4, -0.2) is 0 Å². The summed E-state index contributed by atoms with van der Waals surface area (Å²) in [6, 6.07) is 3.99. The number of fused-ring (bicyclic) bond motifs is 1. The van der Waals surface area contributed by atoms with Crippen LogP contribution in [0, 0.1) is 0 Å². The summed E-state index contributed by atoms with van der Waals surface area (Å²) in [5.74, 6) is 0. The van der Waals surface area contributed by atoms with Gasteiger partial charge in [0.25, 0.3) is 0 Å².